The molecule has 2 amide bonds. The summed E-state index contributed by atoms with van der Waals surface area (Å²) in [5.41, 5.74) is 1.88. The van der Waals surface area contributed by atoms with Crippen molar-refractivity contribution in [3.63, 3.8) is 0 Å². The van der Waals surface area contributed by atoms with Crippen LogP contribution < -0.4 is 9.64 Å². The predicted octanol–water partition coefficient (Wildman–Crippen LogP) is 4.60. The molecule has 1 N–H and O–H groups in total. The number of imide groups is 1. The number of nitrogens with zero attached hydrogens (tertiary/aromatic N) is 2. The van der Waals surface area contributed by atoms with Crippen LogP contribution in [0, 0.1) is 27.9 Å². The number of phenols is 1. The maximum Gasteiger partial charge on any atom is 0.271 e. The number of allylic oxidation sites excluding steroid dienone is 6. The summed E-state index contributed by atoms with van der Waals surface area (Å²) >= 11 is 6.33. The number of hydrogen-bond acceptors (Lipinski definition) is 8. The van der Waals surface area contributed by atoms with Gasteiger partial charge in [0.25, 0.3) is 5.69 Å². The lowest BCUT2D eigenvalue weighted by Gasteiger charge is -2.42. The highest BCUT2D eigenvalue weighted by atomic mass is 35.5. The van der Waals surface area contributed by atoms with Crippen molar-refractivity contribution in [1.82, 2.24) is 0 Å². The molecule has 0 bridgehead atoms. The van der Waals surface area contributed by atoms with Gasteiger partial charge in [-0.15, -0.1) is 0 Å². The maximum atomic E-state index is 14.0. The molecule has 4 aliphatic rings. The first kappa shape index (κ1) is 26.6. The summed E-state index contributed by atoms with van der Waals surface area (Å²) in [6.45, 7) is 1.56. The molecule has 0 radical (unpaired) electrons. The molecule has 1 fully saturated rings. The van der Waals surface area contributed by atoms with E-state index < -0.39 is 40.4 Å². The zero-order valence-corrected chi connectivity index (χ0v) is 22.7. The van der Waals surface area contributed by atoms with Gasteiger partial charge in [0.15, 0.2) is 23.1 Å². The van der Waals surface area contributed by atoms with Crippen molar-refractivity contribution < 1.29 is 33.9 Å². The summed E-state index contributed by atoms with van der Waals surface area (Å²) < 4.78 is 5.30. The summed E-state index contributed by atoms with van der Waals surface area (Å²) in [4.78, 5) is 66.1. The Bertz CT molecular complexity index is 1700. The fraction of sp³-hybridized carbons (Fsp3) is 0.267. The summed E-state index contributed by atoms with van der Waals surface area (Å²) in [7, 11) is 1.36. The molecule has 0 saturated carbocycles. The number of hydrogen-bond donors (Lipinski definition) is 1. The molecule has 10 nitrogen and oxygen atoms in total. The van der Waals surface area contributed by atoms with Crippen LogP contribution in [0.1, 0.15) is 31.2 Å². The molecule has 208 valence electrons. The van der Waals surface area contributed by atoms with Crippen molar-refractivity contribution in [2.75, 3.05) is 12.0 Å². The smallest absolute Gasteiger partial charge is 0.271 e. The molecule has 11 heteroatoms. The molecular formula is C30H23ClN2O8. The molecule has 6 rings (SSSR count). The molecule has 4 atom stereocenters. The molecule has 0 unspecified atom stereocenters. The number of nitro benzene ring substituents is 1. The van der Waals surface area contributed by atoms with Gasteiger partial charge in [0.2, 0.25) is 11.8 Å². The Morgan fingerprint density at radius 1 is 1.10 bits per heavy atom. The molecule has 3 aliphatic carbocycles. The van der Waals surface area contributed by atoms with E-state index in [1.807, 2.05) is 6.08 Å². The number of Topliss-reactive ketones (excluding diaryl/α,β-unsaturated/α-hetero) is 1. The fourth-order valence-corrected chi connectivity index (χ4v) is 6.90. The zero-order valence-electron chi connectivity index (χ0n) is 21.9. The van der Waals surface area contributed by atoms with E-state index in [0.29, 0.717) is 11.1 Å². The molecule has 1 saturated heterocycles. The minimum absolute atomic E-state index is 0.0109. The SMILES string of the molecule is COc1cc([C@H]2C3=CC[C@@H]4C(=O)N(c5cccc([N+](=O)[O-])c5)C(=O)[C@@H]4[C@@H]3CC3=C2C(=O)C=C(C)C3=O)cc(Cl)c1O. The normalized spacial score (nSPS) is 25.4. The highest BCUT2D eigenvalue weighted by molar-refractivity contribution is 6.32. The van der Waals surface area contributed by atoms with Gasteiger partial charge in [-0.2, -0.15) is 0 Å². The maximum absolute atomic E-state index is 14.0. The second kappa shape index (κ2) is 9.52. The van der Waals surface area contributed by atoms with E-state index in [9.17, 15) is 34.4 Å². The molecule has 1 aliphatic heterocycles. The number of carbonyl (C=O) groups is 4. The van der Waals surface area contributed by atoms with Gasteiger partial charge >= 0.3 is 0 Å². The summed E-state index contributed by atoms with van der Waals surface area (Å²) in [5, 5.41) is 21.7. The third-order valence-corrected chi connectivity index (χ3v) is 8.75. The van der Waals surface area contributed by atoms with E-state index in [-0.39, 0.29) is 69.0 Å². The van der Waals surface area contributed by atoms with Crippen LogP contribution in [-0.4, -0.2) is 40.5 Å². The number of fused-ring (bicyclic) bond motifs is 3. The lowest BCUT2D eigenvalue weighted by molar-refractivity contribution is -0.384. The first-order chi connectivity index (χ1) is 19.5. The number of methoxy groups -OCH3 is 1. The van der Waals surface area contributed by atoms with Crippen molar-refractivity contribution in [3.05, 3.63) is 91.5 Å². The molecule has 0 spiro atoms. The summed E-state index contributed by atoms with van der Waals surface area (Å²) in [6.07, 6.45) is 3.43. The highest BCUT2D eigenvalue weighted by Crippen LogP contribution is 2.56. The average Bonchev–Trinajstić information content (AvgIpc) is 3.21. The molecule has 1 heterocycles. The topological polar surface area (TPSA) is 144 Å². The van der Waals surface area contributed by atoms with Gasteiger partial charge in [0.05, 0.1) is 34.6 Å². The van der Waals surface area contributed by atoms with Gasteiger partial charge in [0.1, 0.15) is 0 Å². The van der Waals surface area contributed by atoms with Crippen LogP contribution in [0.5, 0.6) is 11.5 Å². The Kier molecular flexibility index (Phi) is 6.18. The van der Waals surface area contributed by atoms with Gasteiger partial charge in [-0.1, -0.05) is 29.3 Å². The number of non-ortho nitro benzene ring substituents is 1. The largest absolute Gasteiger partial charge is 0.503 e. The standard InChI is InChI=1S/C30H23ClN2O8/c1-13-8-22(34)26-20(27(13)35)12-19-17(24(26)14-9-21(31)28(36)23(10-14)41-2)6-7-18-25(19)30(38)32(29(18)37)15-4-3-5-16(11-15)33(39)40/h3-6,8-11,18-19,24-25,36H,7,12H2,1-2H3/t18-,19+,24-,25-/m0/s1. The van der Waals surface area contributed by atoms with E-state index in [2.05, 4.69) is 0 Å². The number of rotatable bonds is 4. The number of nitro groups is 1. The van der Waals surface area contributed by atoms with Gasteiger partial charge in [-0.3, -0.25) is 29.3 Å². The second-order valence-corrected chi connectivity index (χ2v) is 11.0. The van der Waals surface area contributed by atoms with Crippen LogP contribution in [-0.2, 0) is 19.2 Å². The van der Waals surface area contributed by atoms with E-state index >= 15 is 0 Å². The van der Waals surface area contributed by atoms with Crippen LogP contribution in [0.15, 0.2) is 70.8 Å². The van der Waals surface area contributed by atoms with Crippen LogP contribution in [0.4, 0.5) is 11.4 Å². The first-order valence-corrected chi connectivity index (χ1v) is 13.3. The van der Waals surface area contributed by atoms with E-state index in [4.69, 9.17) is 16.3 Å². The number of aromatic hydroxyl groups is 1. The quantitative estimate of drug-likeness (QED) is 0.183. The van der Waals surface area contributed by atoms with Crippen molar-refractivity contribution in [2.24, 2.45) is 17.8 Å². The minimum atomic E-state index is -0.845. The van der Waals surface area contributed by atoms with Crippen LogP contribution in [0.2, 0.25) is 5.02 Å². The monoisotopic (exact) mass is 574 g/mol. The highest BCUT2D eigenvalue weighted by Gasteiger charge is 2.56. The van der Waals surface area contributed by atoms with Crippen LogP contribution >= 0.6 is 11.6 Å². The van der Waals surface area contributed by atoms with Gasteiger partial charge in [-0.25, -0.2) is 4.90 Å². The van der Waals surface area contributed by atoms with Gasteiger partial charge in [-0.05, 0) is 55.5 Å². The summed E-state index contributed by atoms with van der Waals surface area (Å²) in [5.74, 6) is -4.77. The van der Waals surface area contributed by atoms with Crippen LogP contribution in [0.25, 0.3) is 0 Å². The van der Waals surface area contributed by atoms with Crippen molar-refractivity contribution in [2.45, 2.75) is 25.7 Å². The molecule has 2 aromatic rings. The van der Waals surface area contributed by atoms with E-state index in [1.165, 1.54) is 43.5 Å². The molecule has 2 aromatic carbocycles. The van der Waals surface area contributed by atoms with Crippen LogP contribution in [0.3, 0.4) is 0 Å². The summed E-state index contributed by atoms with van der Waals surface area (Å²) in [6, 6.07) is 8.40. The number of ketones is 2. The number of benzene rings is 2. The van der Waals surface area contributed by atoms with Gasteiger partial charge in [0, 0.05) is 34.8 Å². The number of amides is 2. The van der Waals surface area contributed by atoms with Crippen molar-refractivity contribution in [1.29, 1.82) is 0 Å². The third kappa shape index (κ3) is 3.93. The first-order valence-electron chi connectivity index (χ1n) is 12.9. The Hall–Kier alpha value is -4.57. The van der Waals surface area contributed by atoms with E-state index in [1.54, 1.807) is 13.0 Å². The van der Waals surface area contributed by atoms with Crippen molar-refractivity contribution >= 4 is 46.4 Å². The van der Waals surface area contributed by atoms with E-state index in [0.717, 1.165) is 4.90 Å². The Balaban J connectivity index is 1.49. The fourth-order valence-electron chi connectivity index (χ4n) is 6.68. The lowest BCUT2D eigenvalue weighted by atomic mass is 9.59. The molecule has 41 heavy (non-hydrogen) atoms. The average molecular weight is 575 g/mol. The second-order valence-electron chi connectivity index (χ2n) is 10.6. The van der Waals surface area contributed by atoms with Crippen molar-refractivity contribution in [3.8, 4) is 11.5 Å². The number of phenolic OH excluding ortho intramolecular Hbond substituents is 1. The third-order valence-electron chi connectivity index (χ3n) is 8.46. The van der Waals surface area contributed by atoms with Gasteiger partial charge < -0.3 is 9.84 Å². The number of carbonyl (C=O) groups excluding carboxylic acids is 4. The number of anilines is 1. The zero-order chi connectivity index (χ0) is 29.3. The predicted molar refractivity (Wildman–Crippen MR) is 147 cm³/mol. The molecular weight excluding hydrogens is 552 g/mol. The Labute approximate surface area is 238 Å². The molecule has 0 aromatic heterocycles. The number of halogens is 1. The number of ether oxygens (including phenoxy) is 1. The Morgan fingerprint density at radius 3 is 2.56 bits per heavy atom. The lowest BCUT2D eigenvalue weighted by Crippen LogP contribution is -2.39. The minimum Gasteiger partial charge on any atom is -0.503 e. The Morgan fingerprint density at radius 2 is 1.85 bits per heavy atom.